The number of ketones is 1. The molecular formula is C17H12F3N3O4S. The summed E-state index contributed by atoms with van der Waals surface area (Å²) in [6.45, 7) is -0.0349. The van der Waals surface area contributed by atoms with Gasteiger partial charge in [0.1, 0.15) is 0 Å². The van der Waals surface area contributed by atoms with E-state index in [9.17, 15) is 22.8 Å². The molecule has 0 bridgehead atoms. The smallest absolute Gasteiger partial charge is 0.329 e. The molecule has 0 aliphatic carbocycles. The van der Waals surface area contributed by atoms with Crippen LogP contribution >= 0.6 is 11.3 Å². The molecule has 0 radical (unpaired) electrons. The number of aromatic nitrogens is 2. The van der Waals surface area contributed by atoms with E-state index in [0.717, 1.165) is 16.4 Å². The Morgan fingerprint density at radius 3 is 2.46 bits per heavy atom. The highest BCUT2D eigenvalue weighted by atomic mass is 32.1. The molecule has 7 nitrogen and oxygen atoms in total. The first kappa shape index (κ1) is 19.7. The van der Waals surface area contributed by atoms with E-state index < -0.39 is 23.8 Å². The Kier molecular flexibility index (Phi) is 5.56. The summed E-state index contributed by atoms with van der Waals surface area (Å²) in [4.78, 5) is 33.0. The largest absolute Gasteiger partial charge is 0.471 e. The third kappa shape index (κ3) is 4.26. The topological polar surface area (TPSA) is 85.5 Å². The standard InChI is InChI=1S/C17H12F3N3O4S/c1-26-23(15(25)13(24)12-3-2-8-28-12)9-10-4-6-11(7-5-10)14-21-16(27-22-14)17(18,19)20/h2-8H,9H2,1H3. The minimum Gasteiger partial charge on any atom is -0.329 e. The van der Waals surface area contributed by atoms with Crippen molar-refractivity contribution in [2.24, 2.45) is 0 Å². The lowest BCUT2D eigenvalue weighted by atomic mass is 10.1. The monoisotopic (exact) mass is 411 g/mol. The fourth-order valence-electron chi connectivity index (χ4n) is 2.23. The molecule has 0 spiro atoms. The molecule has 0 fully saturated rings. The average Bonchev–Trinajstić information content (AvgIpc) is 3.37. The van der Waals surface area contributed by atoms with Crippen LogP contribution in [0, 0.1) is 0 Å². The number of Topliss-reactive ketones (excluding diaryl/α,β-unsaturated/α-hetero) is 1. The zero-order chi connectivity index (χ0) is 20.3. The van der Waals surface area contributed by atoms with Gasteiger partial charge in [-0.3, -0.25) is 14.4 Å². The van der Waals surface area contributed by atoms with Gasteiger partial charge < -0.3 is 4.52 Å². The summed E-state index contributed by atoms with van der Waals surface area (Å²) in [6.07, 6.45) is -4.72. The first-order valence-electron chi connectivity index (χ1n) is 7.73. The number of benzene rings is 1. The van der Waals surface area contributed by atoms with Crippen LogP contribution < -0.4 is 0 Å². The molecule has 0 unspecified atom stereocenters. The van der Waals surface area contributed by atoms with Gasteiger partial charge in [0.2, 0.25) is 5.82 Å². The van der Waals surface area contributed by atoms with E-state index in [4.69, 9.17) is 4.84 Å². The summed E-state index contributed by atoms with van der Waals surface area (Å²) in [5.74, 6) is -3.18. The Labute approximate surface area is 160 Å². The predicted octanol–water partition coefficient (Wildman–Crippen LogP) is 3.59. The summed E-state index contributed by atoms with van der Waals surface area (Å²) in [6, 6.07) is 9.23. The van der Waals surface area contributed by atoms with Gasteiger partial charge in [0.05, 0.1) is 18.5 Å². The molecule has 1 amide bonds. The fourth-order valence-corrected chi connectivity index (χ4v) is 2.88. The Morgan fingerprint density at radius 2 is 1.93 bits per heavy atom. The van der Waals surface area contributed by atoms with Crippen molar-refractivity contribution >= 4 is 23.0 Å². The molecule has 2 heterocycles. The normalized spacial score (nSPS) is 11.4. The molecule has 146 valence electrons. The highest BCUT2D eigenvalue weighted by Crippen LogP contribution is 2.29. The highest BCUT2D eigenvalue weighted by Gasteiger charge is 2.38. The van der Waals surface area contributed by atoms with E-state index in [1.165, 1.54) is 25.3 Å². The van der Waals surface area contributed by atoms with Crippen molar-refractivity contribution in [2.75, 3.05) is 7.11 Å². The number of nitrogens with zero attached hydrogens (tertiary/aromatic N) is 3. The number of halogens is 3. The number of rotatable bonds is 6. The van der Waals surface area contributed by atoms with Gasteiger partial charge in [-0.2, -0.15) is 18.2 Å². The Bertz CT molecular complexity index is 968. The van der Waals surface area contributed by atoms with Gasteiger partial charge in [-0.05, 0) is 17.0 Å². The molecule has 2 aromatic heterocycles. The molecule has 28 heavy (non-hydrogen) atoms. The van der Waals surface area contributed by atoms with Crippen molar-refractivity contribution < 1.29 is 32.1 Å². The van der Waals surface area contributed by atoms with Crippen molar-refractivity contribution in [3.63, 3.8) is 0 Å². The first-order valence-corrected chi connectivity index (χ1v) is 8.61. The van der Waals surface area contributed by atoms with E-state index in [1.54, 1.807) is 23.6 Å². The van der Waals surface area contributed by atoms with Crippen LogP contribution in [0.15, 0.2) is 46.3 Å². The van der Waals surface area contributed by atoms with Gasteiger partial charge in [-0.1, -0.05) is 35.5 Å². The first-order chi connectivity index (χ1) is 13.3. The number of thiophene rings is 1. The maximum absolute atomic E-state index is 12.5. The predicted molar refractivity (Wildman–Crippen MR) is 90.9 cm³/mol. The number of carbonyl (C=O) groups is 2. The number of hydrogen-bond acceptors (Lipinski definition) is 7. The van der Waals surface area contributed by atoms with Gasteiger partial charge in [-0.15, -0.1) is 11.3 Å². The molecule has 0 aliphatic rings. The summed E-state index contributed by atoms with van der Waals surface area (Å²) >= 11 is 1.14. The number of hydrogen-bond donors (Lipinski definition) is 0. The van der Waals surface area contributed by atoms with E-state index >= 15 is 0 Å². The molecule has 0 saturated heterocycles. The van der Waals surface area contributed by atoms with Gasteiger partial charge in [-0.25, -0.2) is 5.06 Å². The van der Waals surface area contributed by atoms with Gasteiger partial charge in [0.15, 0.2) is 0 Å². The van der Waals surface area contributed by atoms with Crippen molar-refractivity contribution in [1.29, 1.82) is 0 Å². The summed E-state index contributed by atoms with van der Waals surface area (Å²) in [5.41, 5.74) is 0.880. The lowest BCUT2D eigenvalue weighted by Gasteiger charge is -2.18. The van der Waals surface area contributed by atoms with Crippen LogP contribution in [0.3, 0.4) is 0 Å². The molecule has 11 heteroatoms. The second-order valence-corrected chi connectivity index (χ2v) is 6.40. The number of hydroxylamine groups is 2. The Morgan fingerprint density at radius 1 is 1.21 bits per heavy atom. The van der Waals surface area contributed by atoms with Crippen molar-refractivity contribution in [1.82, 2.24) is 15.2 Å². The number of amides is 1. The molecule has 0 saturated carbocycles. The summed E-state index contributed by atoms with van der Waals surface area (Å²) in [7, 11) is 1.26. The second-order valence-electron chi connectivity index (χ2n) is 5.45. The van der Waals surface area contributed by atoms with Crippen LogP contribution in [0.2, 0.25) is 0 Å². The average molecular weight is 411 g/mol. The molecule has 0 atom stereocenters. The lowest BCUT2D eigenvalue weighted by molar-refractivity contribution is -0.173. The molecule has 3 rings (SSSR count). The maximum atomic E-state index is 12.5. The minimum absolute atomic E-state index is 0.0349. The van der Waals surface area contributed by atoms with Gasteiger partial charge in [0, 0.05) is 5.56 Å². The molecule has 0 N–H and O–H groups in total. The third-order valence-electron chi connectivity index (χ3n) is 3.59. The minimum atomic E-state index is -4.72. The van der Waals surface area contributed by atoms with E-state index in [1.807, 2.05) is 0 Å². The Hall–Kier alpha value is -3.05. The third-order valence-corrected chi connectivity index (χ3v) is 4.46. The van der Waals surface area contributed by atoms with Gasteiger partial charge in [0.25, 0.3) is 5.78 Å². The van der Waals surface area contributed by atoms with Crippen LogP contribution in [0.4, 0.5) is 13.2 Å². The van der Waals surface area contributed by atoms with Crippen molar-refractivity contribution in [3.05, 3.63) is 58.1 Å². The zero-order valence-corrected chi connectivity index (χ0v) is 15.1. The number of alkyl halides is 3. The molecule has 3 aromatic rings. The fraction of sp³-hybridized carbons (Fsp3) is 0.176. The number of carbonyl (C=O) groups excluding carboxylic acids is 2. The summed E-state index contributed by atoms with van der Waals surface area (Å²) in [5, 5.41) is 5.88. The SMILES string of the molecule is CON(Cc1ccc(-c2noc(C(F)(F)F)n2)cc1)C(=O)C(=O)c1cccs1. The van der Waals surface area contributed by atoms with Crippen LogP contribution in [0.1, 0.15) is 21.1 Å². The zero-order valence-electron chi connectivity index (χ0n) is 14.3. The van der Waals surface area contributed by atoms with E-state index in [0.29, 0.717) is 16.0 Å². The van der Waals surface area contributed by atoms with E-state index in [-0.39, 0.29) is 12.4 Å². The quantitative estimate of drug-likeness (QED) is 0.350. The molecular weight excluding hydrogens is 399 g/mol. The summed E-state index contributed by atoms with van der Waals surface area (Å²) < 4.78 is 41.8. The van der Waals surface area contributed by atoms with Crippen LogP contribution in [0.25, 0.3) is 11.4 Å². The van der Waals surface area contributed by atoms with Crippen molar-refractivity contribution in [3.8, 4) is 11.4 Å². The van der Waals surface area contributed by atoms with Crippen LogP contribution in [-0.2, 0) is 22.4 Å². The highest BCUT2D eigenvalue weighted by molar-refractivity contribution is 7.12. The van der Waals surface area contributed by atoms with Crippen molar-refractivity contribution in [2.45, 2.75) is 12.7 Å². The maximum Gasteiger partial charge on any atom is 0.471 e. The molecule has 0 aliphatic heterocycles. The van der Waals surface area contributed by atoms with Gasteiger partial charge >= 0.3 is 18.0 Å². The van der Waals surface area contributed by atoms with Crippen LogP contribution in [-0.4, -0.2) is 34.0 Å². The van der Waals surface area contributed by atoms with E-state index in [2.05, 4.69) is 14.7 Å². The lowest BCUT2D eigenvalue weighted by Crippen LogP contribution is -2.35. The second kappa shape index (κ2) is 7.90. The Balaban J connectivity index is 1.71. The molecule has 1 aromatic carbocycles. The van der Waals surface area contributed by atoms with Crippen LogP contribution in [0.5, 0.6) is 0 Å².